The third-order valence-corrected chi connectivity index (χ3v) is 4.45. The van der Waals surface area contributed by atoms with Crippen LogP contribution in [0.5, 0.6) is 0 Å². The van der Waals surface area contributed by atoms with Gasteiger partial charge in [-0.2, -0.15) is 0 Å². The number of rotatable bonds is 5. The van der Waals surface area contributed by atoms with Gasteiger partial charge in [0, 0.05) is 26.2 Å². The molecule has 1 aromatic rings. The molecule has 0 aromatic carbocycles. The predicted molar refractivity (Wildman–Crippen MR) is 76.9 cm³/mol. The topological polar surface area (TPSA) is 41.1 Å². The average molecular weight is 260 g/mol. The molecule has 2 fully saturated rings. The van der Waals surface area contributed by atoms with Crippen molar-refractivity contribution in [2.75, 3.05) is 25.0 Å². The molecule has 1 N–H and O–H groups in total. The maximum Gasteiger partial charge on any atom is 0.144 e. The molecule has 0 amide bonds. The highest BCUT2D eigenvalue weighted by atomic mass is 15.2. The van der Waals surface area contributed by atoms with Gasteiger partial charge in [0.1, 0.15) is 5.82 Å². The first-order valence-electron chi connectivity index (χ1n) is 7.62. The second-order valence-electron chi connectivity index (χ2n) is 5.96. The number of nitrogens with zero attached hydrogens (tertiary/aromatic N) is 3. The Labute approximate surface area is 115 Å². The number of aromatic nitrogens is 2. The van der Waals surface area contributed by atoms with Crippen LogP contribution in [0, 0.1) is 11.8 Å². The first-order chi connectivity index (χ1) is 9.35. The zero-order valence-electron chi connectivity index (χ0n) is 11.8. The van der Waals surface area contributed by atoms with E-state index in [9.17, 15) is 0 Å². The zero-order valence-corrected chi connectivity index (χ0v) is 11.8. The summed E-state index contributed by atoms with van der Waals surface area (Å²) in [6.45, 7) is 6.61. The Morgan fingerprint density at radius 2 is 2.00 bits per heavy atom. The second-order valence-corrected chi connectivity index (χ2v) is 5.96. The number of nitrogens with one attached hydrogen (secondary N) is 1. The van der Waals surface area contributed by atoms with E-state index < -0.39 is 0 Å². The number of likely N-dealkylation sites (tertiary alicyclic amines) is 1. The van der Waals surface area contributed by atoms with Crippen LogP contribution in [-0.2, 0) is 6.54 Å². The summed E-state index contributed by atoms with van der Waals surface area (Å²) in [5.41, 5.74) is 1.10. The van der Waals surface area contributed by atoms with Gasteiger partial charge in [-0.1, -0.05) is 13.3 Å². The molecular weight excluding hydrogens is 236 g/mol. The number of hydrogen-bond acceptors (Lipinski definition) is 4. The fraction of sp³-hybridized carbons (Fsp3) is 0.733. The summed E-state index contributed by atoms with van der Waals surface area (Å²) in [5.74, 6) is 2.81. The lowest BCUT2D eigenvalue weighted by Gasteiger charge is -2.16. The minimum absolute atomic E-state index is 0.892. The minimum Gasteiger partial charge on any atom is -0.369 e. The van der Waals surface area contributed by atoms with Crippen molar-refractivity contribution in [1.29, 1.82) is 0 Å². The standard InChI is InChI=1S/C15H24N4/c1-2-6-16-15-8-17-14(7-18-15)11-19-9-12-4-3-5-13(12)10-19/h7-8,12-13H,2-6,9-11H2,1H3,(H,16,18). The van der Waals surface area contributed by atoms with Crippen LogP contribution in [0.2, 0.25) is 0 Å². The Bertz CT molecular complexity index is 391. The molecule has 1 saturated heterocycles. The SMILES string of the molecule is CCCNc1cnc(CN2CC3CCCC3C2)cn1. The fourth-order valence-corrected chi connectivity index (χ4v) is 3.47. The summed E-state index contributed by atoms with van der Waals surface area (Å²) >= 11 is 0. The van der Waals surface area contributed by atoms with E-state index in [-0.39, 0.29) is 0 Å². The van der Waals surface area contributed by atoms with E-state index >= 15 is 0 Å². The molecule has 4 nitrogen and oxygen atoms in total. The van der Waals surface area contributed by atoms with Gasteiger partial charge in [-0.15, -0.1) is 0 Å². The van der Waals surface area contributed by atoms with Gasteiger partial charge in [0.15, 0.2) is 0 Å². The highest BCUT2D eigenvalue weighted by molar-refractivity contribution is 5.30. The molecule has 0 bridgehead atoms. The summed E-state index contributed by atoms with van der Waals surface area (Å²) in [5, 5.41) is 3.26. The quantitative estimate of drug-likeness (QED) is 0.883. The highest BCUT2D eigenvalue weighted by Gasteiger charge is 2.35. The molecule has 0 radical (unpaired) electrons. The van der Waals surface area contributed by atoms with Crippen LogP contribution in [0.25, 0.3) is 0 Å². The van der Waals surface area contributed by atoms with Crippen molar-refractivity contribution in [1.82, 2.24) is 14.9 Å². The maximum atomic E-state index is 4.52. The predicted octanol–water partition coefficient (Wildman–Crippen LogP) is 2.53. The number of fused-ring (bicyclic) bond motifs is 1. The van der Waals surface area contributed by atoms with Crippen LogP contribution >= 0.6 is 0 Å². The molecule has 2 heterocycles. The van der Waals surface area contributed by atoms with Gasteiger partial charge in [0.2, 0.25) is 0 Å². The zero-order chi connectivity index (χ0) is 13.1. The van der Waals surface area contributed by atoms with E-state index in [0.29, 0.717) is 0 Å². The van der Waals surface area contributed by atoms with Crippen molar-refractivity contribution >= 4 is 5.82 Å². The molecule has 1 aliphatic carbocycles. The molecule has 2 aliphatic rings. The smallest absolute Gasteiger partial charge is 0.144 e. The summed E-state index contributed by atoms with van der Waals surface area (Å²) in [7, 11) is 0. The molecule has 1 aromatic heterocycles. The lowest BCUT2D eigenvalue weighted by atomic mass is 10.0. The Balaban J connectivity index is 1.52. The monoisotopic (exact) mass is 260 g/mol. The van der Waals surface area contributed by atoms with E-state index in [0.717, 1.165) is 42.9 Å². The average Bonchev–Trinajstić information content (AvgIpc) is 2.99. The van der Waals surface area contributed by atoms with Crippen molar-refractivity contribution in [2.24, 2.45) is 11.8 Å². The van der Waals surface area contributed by atoms with Gasteiger partial charge >= 0.3 is 0 Å². The van der Waals surface area contributed by atoms with Crippen LogP contribution in [0.15, 0.2) is 12.4 Å². The molecule has 104 valence electrons. The normalized spacial score (nSPS) is 26.6. The van der Waals surface area contributed by atoms with Crippen LogP contribution < -0.4 is 5.32 Å². The second kappa shape index (κ2) is 5.87. The summed E-state index contributed by atoms with van der Waals surface area (Å²) in [6.07, 6.45) is 9.22. The maximum absolute atomic E-state index is 4.52. The molecule has 2 atom stereocenters. The Morgan fingerprint density at radius 3 is 2.63 bits per heavy atom. The van der Waals surface area contributed by atoms with Crippen LogP contribution in [0.4, 0.5) is 5.82 Å². The first kappa shape index (κ1) is 12.9. The van der Waals surface area contributed by atoms with Gasteiger partial charge in [-0.3, -0.25) is 9.88 Å². The molecule has 0 spiro atoms. The third kappa shape index (κ3) is 3.06. The van der Waals surface area contributed by atoms with Gasteiger partial charge in [0.05, 0.1) is 18.1 Å². The van der Waals surface area contributed by atoms with Crippen molar-refractivity contribution in [3.63, 3.8) is 0 Å². The Hall–Kier alpha value is -1.16. The summed E-state index contributed by atoms with van der Waals surface area (Å²) in [6, 6.07) is 0. The van der Waals surface area contributed by atoms with Gasteiger partial charge in [0.25, 0.3) is 0 Å². The van der Waals surface area contributed by atoms with Crippen LogP contribution in [0.1, 0.15) is 38.3 Å². The molecule has 1 saturated carbocycles. The number of hydrogen-bond donors (Lipinski definition) is 1. The van der Waals surface area contributed by atoms with Crippen molar-refractivity contribution in [3.8, 4) is 0 Å². The number of anilines is 1. The van der Waals surface area contributed by atoms with E-state index in [2.05, 4.69) is 27.1 Å². The van der Waals surface area contributed by atoms with Gasteiger partial charge < -0.3 is 5.32 Å². The van der Waals surface area contributed by atoms with E-state index in [1.807, 2.05) is 12.4 Å². The third-order valence-electron chi connectivity index (χ3n) is 4.45. The summed E-state index contributed by atoms with van der Waals surface area (Å²) in [4.78, 5) is 11.5. The van der Waals surface area contributed by atoms with E-state index in [1.54, 1.807) is 0 Å². The minimum atomic E-state index is 0.892. The lowest BCUT2D eigenvalue weighted by molar-refractivity contribution is 0.299. The van der Waals surface area contributed by atoms with Crippen LogP contribution in [-0.4, -0.2) is 34.5 Å². The lowest BCUT2D eigenvalue weighted by Crippen LogP contribution is -2.21. The largest absolute Gasteiger partial charge is 0.369 e. The van der Waals surface area contributed by atoms with Crippen molar-refractivity contribution < 1.29 is 0 Å². The molecule has 2 unspecified atom stereocenters. The first-order valence-corrected chi connectivity index (χ1v) is 7.62. The summed E-state index contributed by atoms with van der Waals surface area (Å²) < 4.78 is 0. The molecular formula is C15H24N4. The van der Waals surface area contributed by atoms with E-state index in [1.165, 1.54) is 32.4 Å². The molecule has 19 heavy (non-hydrogen) atoms. The van der Waals surface area contributed by atoms with E-state index in [4.69, 9.17) is 0 Å². The van der Waals surface area contributed by atoms with Gasteiger partial charge in [-0.25, -0.2) is 4.98 Å². The Morgan fingerprint density at radius 1 is 1.21 bits per heavy atom. The van der Waals surface area contributed by atoms with Crippen molar-refractivity contribution in [2.45, 2.75) is 39.2 Å². The van der Waals surface area contributed by atoms with Gasteiger partial charge in [-0.05, 0) is 31.1 Å². The highest BCUT2D eigenvalue weighted by Crippen LogP contribution is 2.37. The van der Waals surface area contributed by atoms with Crippen LogP contribution in [0.3, 0.4) is 0 Å². The molecule has 4 heteroatoms. The fourth-order valence-electron chi connectivity index (χ4n) is 3.47. The molecule has 3 rings (SSSR count). The molecule has 1 aliphatic heterocycles. The Kier molecular flexibility index (Phi) is 3.97. The van der Waals surface area contributed by atoms with Crippen molar-refractivity contribution in [3.05, 3.63) is 18.1 Å².